The molecule has 0 aliphatic carbocycles. The summed E-state index contributed by atoms with van der Waals surface area (Å²) < 4.78 is 22.2. The Bertz CT molecular complexity index is 262. The van der Waals surface area contributed by atoms with Crippen LogP contribution in [0.2, 0.25) is 0 Å². The summed E-state index contributed by atoms with van der Waals surface area (Å²) in [5, 5.41) is 0. The van der Waals surface area contributed by atoms with Gasteiger partial charge < -0.3 is 5.73 Å². The molecule has 0 saturated carbocycles. The number of rotatable bonds is 6. The molecular formula is C7H16N2O2S2. The SMILES string of the molecule is CCS(=O)(=O)CCN(C)CC(N)=S. The highest BCUT2D eigenvalue weighted by Crippen LogP contribution is 1.91. The molecular weight excluding hydrogens is 208 g/mol. The van der Waals surface area contributed by atoms with Crippen molar-refractivity contribution < 1.29 is 8.42 Å². The quantitative estimate of drug-likeness (QED) is 0.624. The number of sulfone groups is 1. The first kappa shape index (κ1) is 12.8. The van der Waals surface area contributed by atoms with E-state index in [1.54, 1.807) is 18.9 Å². The van der Waals surface area contributed by atoms with Crippen LogP contribution < -0.4 is 5.73 Å². The third kappa shape index (κ3) is 6.92. The maximum atomic E-state index is 11.1. The Morgan fingerprint density at radius 2 is 2.08 bits per heavy atom. The van der Waals surface area contributed by atoms with Crippen LogP contribution in [0.3, 0.4) is 0 Å². The van der Waals surface area contributed by atoms with Crippen molar-refractivity contribution in [1.82, 2.24) is 4.90 Å². The van der Waals surface area contributed by atoms with Crippen LogP contribution >= 0.6 is 12.2 Å². The maximum absolute atomic E-state index is 11.1. The van der Waals surface area contributed by atoms with Crippen molar-refractivity contribution in [3.63, 3.8) is 0 Å². The Labute approximate surface area is 85.0 Å². The number of nitrogens with zero attached hydrogens (tertiary/aromatic N) is 1. The van der Waals surface area contributed by atoms with Gasteiger partial charge in [0.25, 0.3) is 0 Å². The van der Waals surface area contributed by atoms with E-state index in [0.29, 0.717) is 18.1 Å². The molecule has 0 atom stereocenters. The van der Waals surface area contributed by atoms with Crippen molar-refractivity contribution in [1.29, 1.82) is 0 Å². The average Bonchev–Trinajstić information content (AvgIpc) is 2.00. The fourth-order valence-corrected chi connectivity index (χ4v) is 1.88. The Hall–Kier alpha value is -0.200. The third-order valence-corrected chi connectivity index (χ3v) is 3.46. The molecule has 4 nitrogen and oxygen atoms in total. The molecule has 0 bridgehead atoms. The van der Waals surface area contributed by atoms with Crippen molar-refractivity contribution in [2.75, 3.05) is 31.6 Å². The number of likely N-dealkylation sites (N-methyl/N-ethyl adjacent to an activating group) is 1. The molecule has 0 heterocycles. The molecule has 6 heteroatoms. The van der Waals surface area contributed by atoms with E-state index in [9.17, 15) is 8.42 Å². The van der Waals surface area contributed by atoms with Gasteiger partial charge in [-0.15, -0.1) is 0 Å². The van der Waals surface area contributed by atoms with Crippen LogP contribution in [0.25, 0.3) is 0 Å². The van der Waals surface area contributed by atoms with Gasteiger partial charge in [0, 0.05) is 18.8 Å². The average molecular weight is 224 g/mol. The highest BCUT2D eigenvalue weighted by atomic mass is 32.2. The zero-order chi connectivity index (χ0) is 10.5. The second-order valence-electron chi connectivity index (χ2n) is 2.94. The minimum Gasteiger partial charge on any atom is -0.392 e. The van der Waals surface area contributed by atoms with E-state index in [1.807, 2.05) is 0 Å². The fraction of sp³-hybridized carbons (Fsp3) is 0.857. The smallest absolute Gasteiger partial charge is 0.151 e. The first-order chi connectivity index (χ1) is 5.87. The molecule has 78 valence electrons. The van der Waals surface area contributed by atoms with Gasteiger partial charge in [-0.1, -0.05) is 19.1 Å². The van der Waals surface area contributed by atoms with E-state index >= 15 is 0 Å². The molecule has 0 amide bonds. The van der Waals surface area contributed by atoms with Gasteiger partial charge in [0.1, 0.15) is 0 Å². The molecule has 0 aromatic carbocycles. The monoisotopic (exact) mass is 224 g/mol. The minimum atomic E-state index is -2.88. The third-order valence-electron chi connectivity index (χ3n) is 1.65. The first-order valence-electron chi connectivity index (χ1n) is 4.04. The lowest BCUT2D eigenvalue weighted by Gasteiger charge is -2.14. The lowest BCUT2D eigenvalue weighted by atomic mass is 10.5. The maximum Gasteiger partial charge on any atom is 0.151 e. The minimum absolute atomic E-state index is 0.169. The topological polar surface area (TPSA) is 63.4 Å². The van der Waals surface area contributed by atoms with Crippen LogP contribution in [0.1, 0.15) is 6.92 Å². The molecule has 0 aliphatic heterocycles. The zero-order valence-corrected chi connectivity index (χ0v) is 9.62. The van der Waals surface area contributed by atoms with E-state index in [2.05, 4.69) is 0 Å². The highest BCUT2D eigenvalue weighted by Gasteiger charge is 2.09. The van der Waals surface area contributed by atoms with Gasteiger partial charge in [-0.2, -0.15) is 0 Å². The molecule has 0 aromatic rings. The summed E-state index contributed by atoms with van der Waals surface area (Å²) in [5.41, 5.74) is 5.31. The summed E-state index contributed by atoms with van der Waals surface area (Å²) in [6, 6.07) is 0. The van der Waals surface area contributed by atoms with Gasteiger partial charge in [0.05, 0.1) is 10.7 Å². The number of hydrogen-bond donors (Lipinski definition) is 1. The largest absolute Gasteiger partial charge is 0.392 e. The van der Waals surface area contributed by atoms with Gasteiger partial charge >= 0.3 is 0 Å². The molecule has 0 rings (SSSR count). The van der Waals surface area contributed by atoms with E-state index in [4.69, 9.17) is 18.0 Å². The zero-order valence-electron chi connectivity index (χ0n) is 7.99. The molecule has 0 aliphatic rings. The van der Waals surface area contributed by atoms with Gasteiger partial charge in [0.2, 0.25) is 0 Å². The normalized spacial score (nSPS) is 11.9. The summed E-state index contributed by atoms with van der Waals surface area (Å²) >= 11 is 4.69. The highest BCUT2D eigenvalue weighted by molar-refractivity contribution is 7.91. The van der Waals surface area contributed by atoms with Crippen LogP contribution in [0.5, 0.6) is 0 Å². The van der Waals surface area contributed by atoms with Crippen LogP contribution in [0.15, 0.2) is 0 Å². The van der Waals surface area contributed by atoms with E-state index in [1.165, 1.54) is 0 Å². The Balaban J connectivity index is 3.83. The Kier molecular flexibility index (Phi) is 5.43. The fourth-order valence-electron chi connectivity index (χ4n) is 0.784. The summed E-state index contributed by atoms with van der Waals surface area (Å²) in [6.07, 6.45) is 0. The standard InChI is InChI=1S/C7H16N2O2S2/c1-3-13(10,11)5-4-9(2)6-7(8)12/h3-6H2,1-2H3,(H2,8,12). The lowest BCUT2D eigenvalue weighted by Crippen LogP contribution is -2.33. The van der Waals surface area contributed by atoms with Crippen LogP contribution in [0, 0.1) is 0 Å². The molecule has 0 spiro atoms. The second-order valence-corrected chi connectivity index (χ2v) is 5.94. The molecule has 0 radical (unpaired) electrons. The predicted octanol–water partition coefficient (Wildman–Crippen LogP) is -0.361. The van der Waals surface area contributed by atoms with Crippen molar-refractivity contribution in [2.24, 2.45) is 5.73 Å². The van der Waals surface area contributed by atoms with Crippen LogP contribution in [0.4, 0.5) is 0 Å². The van der Waals surface area contributed by atoms with Crippen LogP contribution in [-0.4, -0.2) is 49.9 Å². The van der Waals surface area contributed by atoms with Crippen molar-refractivity contribution in [3.05, 3.63) is 0 Å². The second kappa shape index (κ2) is 5.51. The number of hydrogen-bond acceptors (Lipinski definition) is 4. The molecule has 0 fully saturated rings. The molecule has 0 aromatic heterocycles. The van der Waals surface area contributed by atoms with Gasteiger partial charge in [-0.25, -0.2) is 8.42 Å². The van der Waals surface area contributed by atoms with Crippen molar-refractivity contribution in [2.45, 2.75) is 6.92 Å². The first-order valence-corrected chi connectivity index (χ1v) is 6.27. The van der Waals surface area contributed by atoms with Gasteiger partial charge in [-0.05, 0) is 7.05 Å². The van der Waals surface area contributed by atoms with Crippen LogP contribution in [-0.2, 0) is 9.84 Å². The number of nitrogens with two attached hydrogens (primary N) is 1. The summed E-state index contributed by atoms with van der Waals surface area (Å²) in [6.45, 7) is 2.59. The Morgan fingerprint density at radius 3 is 2.46 bits per heavy atom. The lowest BCUT2D eigenvalue weighted by molar-refractivity contribution is 0.404. The Morgan fingerprint density at radius 1 is 1.54 bits per heavy atom. The van der Waals surface area contributed by atoms with E-state index < -0.39 is 9.84 Å². The van der Waals surface area contributed by atoms with Crippen molar-refractivity contribution in [3.8, 4) is 0 Å². The predicted molar refractivity (Wildman–Crippen MR) is 58.6 cm³/mol. The molecule has 0 unspecified atom stereocenters. The summed E-state index contributed by atoms with van der Waals surface area (Å²) in [7, 11) is -1.08. The molecule has 0 saturated heterocycles. The van der Waals surface area contributed by atoms with Crippen molar-refractivity contribution >= 4 is 27.0 Å². The molecule has 13 heavy (non-hydrogen) atoms. The summed E-state index contributed by atoms with van der Waals surface area (Å²) in [4.78, 5) is 2.19. The van der Waals surface area contributed by atoms with Gasteiger partial charge in [-0.3, -0.25) is 4.90 Å². The van der Waals surface area contributed by atoms with E-state index in [-0.39, 0.29) is 11.5 Å². The summed E-state index contributed by atoms with van der Waals surface area (Å²) in [5.74, 6) is 0.358. The molecule has 2 N–H and O–H groups in total. The van der Waals surface area contributed by atoms with Gasteiger partial charge in [0.15, 0.2) is 9.84 Å². The number of thiocarbonyl (C=S) groups is 1. The van der Waals surface area contributed by atoms with E-state index in [0.717, 1.165) is 0 Å².